The zero-order valence-electron chi connectivity index (χ0n) is 22.6. The van der Waals surface area contributed by atoms with Crippen LogP contribution in [0.5, 0.6) is 0 Å². The van der Waals surface area contributed by atoms with Crippen LogP contribution in [0, 0.1) is 11.8 Å². The number of hydrogen-bond acceptors (Lipinski definition) is 5. The minimum atomic E-state index is -2.67. The lowest BCUT2D eigenvalue weighted by Crippen LogP contribution is -2.67. The Morgan fingerprint density at radius 3 is 2.08 bits per heavy atom. The van der Waals surface area contributed by atoms with E-state index in [0.717, 1.165) is 12.2 Å². The monoisotopic (exact) mass is 529 g/mol. The maximum absolute atomic E-state index is 11.6. The zero-order valence-corrected chi connectivity index (χ0v) is 24.4. The lowest BCUT2D eigenvalue weighted by Gasteiger charge is -2.46. The van der Waals surface area contributed by atoms with Gasteiger partial charge in [-0.05, 0) is 39.4 Å². The Bertz CT molecular complexity index is 913. The summed E-state index contributed by atoms with van der Waals surface area (Å²) in [4.78, 5) is 11.6. The summed E-state index contributed by atoms with van der Waals surface area (Å²) >= 11 is 1.60. The molecule has 1 aliphatic rings. The normalized spacial score (nSPS) is 24.9. The summed E-state index contributed by atoms with van der Waals surface area (Å²) in [5.74, 6) is 1.04. The number of aliphatic hydroxyl groups excluding tert-OH is 1. The van der Waals surface area contributed by atoms with Gasteiger partial charge >= 0.3 is 0 Å². The summed E-state index contributed by atoms with van der Waals surface area (Å²) < 4.78 is 13.7. The van der Waals surface area contributed by atoms with Crippen LogP contribution in [0.4, 0.5) is 0 Å². The van der Waals surface area contributed by atoms with E-state index < -0.39 is 14.4 Å². The number of carbonyl (C=O) groups is 1. The number of thioether (sulfide) groups is 1. The number of aliphatic hydroxyl groups is 1. The predicted octanol–water partition coefficient (Wildman–Crippen LogP) is 4.18. The average molecular weight is 530 g/mol. The van der Waals surface area contributed by atoms with Gasteiger partial charge in [-0.2, -0.15) is 0 Å². The summed E-state index contributed by atoms with van der Waals surface area (Å²) in [5.41, 5.74) is -0.325. The molecule has 0 spiro atoms. The number of benzene rings is 2. The van der Waals surface area contributed by atoms with E-state index in [4.69, 9.17) is 9.16 Å². The van der Waals surface area contributed by atoms with Gasteiger partial charge in [0.15, 0.2) is 0 Å². The van der Waals surface area contributed by atoms with Gasteiger partial charge in [0.25, 0.3) is 8.32 Å². The Hall–Kier alpha value is -1.64. The summed E-state index contributed by atoms with van der Waals surface area (Å²) in [7, 11) is -1.01. The zero-order chi connectivity index (χ0) is 26.3. The van der Waals surface area contributed by atoms with Gasteiger partial charge in [0.05, 0.1) is 18.8 Å². The molecule has 7 heteroatoms. The van der Waals surface area contributed by atoms with Gasteiger partial charge in [-0.3, -0.25) is 4.79 Å². The molecule has 0 saturated carbocycles. The molecule has 2 aromatic rings. The molecule has 198 valence electrons. The Labute approximate surface area is 222 Å². The molecular formula is C29H43NO4SSi. The molecule has 0 aromatic heterocycles. The Morgan fingerprint density at radius 2 is 1.58 bits per heavy atom. The predicted molar refractivity (Wildman–Crippen MR) is 152 cm³/mol. The van der Waals surface area contributed by atoms with Crippen LogP contribution < -0.4 is 15.7 Å². The van der Waals surface area contributed by atoms with E-state index in [1.54, 1.807) is 18.8 Å². The van der Waals surface area contributed by atoms with E-state index in [9.17, 15) is 9.90 Å². The molecule has 36 heavy (non-hydrogen) atoms. The van der Waals surface area contributed by atoms with Gasteiger partial charge in [0, 0.05) is 13.5 Å². The molecule has 0 bridgehead atoms. The summed E-state index contributed by atoms with van der Waals surface area (Å²) in [5, 5.41) is 16.0. The van der Waals surface area contributed by atoms with Gasteiger partial charge in [-0.15, -0.1) is 11.8 Å². The van der Waals surface area contributed by atoms with E-state index >= 15 is 0 Å². The van der Waals surface area contributed by atoms with Crippen molar-refractivity contribution < 1.29 is 19.1 Å². The van der Waals surface area contributed by atoms with Crippen molar-refractivity contribution in [2.45, 2.75) is 70.1 Å². The summed E-state index contributed by atoms with van der Waals surface area (Å²) in [6.45, 7) is 11.6. The first kappa shape index (κ1) is 28.9. The maximum Gasteiger partial charge on any atom is 0.261 e. The van der Waals surface area contributed by atoms with E-state index in [-0.39, 0.29) is 34.3 Å². The molecule has 1 amide bonds. The highest BCUT2D eigenvalue weighted by Gasteiger charge is 2.51. The number of amides is 1. The van der Waals surface area contributed by atoms with Crippen molar-refractivity contribution in [1.29, 1.82) is 0 Å². The Morgan fingerprint density at radius 1 is 1.03 bits per heavy atom. The van der Waals surface area contributed by atoms with Crippen LogP contribution in [0.1, 0.15) is 47.5 Å². The fourth-order valence-electron chi connectivity index (χ4n) is 5.13. The molecule has 1 aliphatic heterocycles. The highest BCUT2D eigenvalue weighted by atomic mass is 32.2. The third kappa shape index (κ3) is 6.43. The van der Waals surface area contributed by atoms with Crippen LogP contribution in [0.2, 0.25) is 5.04 Å². The lowest BCUT2D eigenvalue weighted by atomic mass is 9.84. The molecule has 3 rings (SSSR count). The highest BCUT2D eigenvalue weighted by molar-refractivity contribution is 7.99. The van der Waals surface area contributed by atoms with Crippen LogP contribution in [-0.4, -0.2) is 56.4 Å². The quantitative estimate of drug-likeness (QED) is 0.357. The second-order valence-electron chi connectivity index (χ2n) is 10.9. The molecule has 0 aliphatic carbocycles. The van der Waals surface area contributed by atoms with Crippen LogP contribution in [0.15, 0.2) is 60.7 Å². The minimum absolute atomic E-state index is 0.0410. The second kappa shape index (κ2) is 12.7. The topological polar surface area (TPSA) is 67.8 Å². The number of ether oxygens (including phenoxy) is 1. The molecule has 5 atom stereocenters. The summed E-state index contributed by atoms with van der Waals surface area (Å²) in [6, 6.07) is 21.3. The van der Waals surface area contributed by atoms with Crippen molar-refractivity contribution >= 4 is 36.4 Å². The van der Waals surface area contributed by atoms with Crippen molar-refractivity contribution in [3.63, 3.8) is 0 Å². The van der Waals surface area contributed by atoms with Crippen molar-refractivity contribution in [1.82, 2.24) is 5.32 Å². The molecular weight excluding hydrogens is 486 g/mol. The van der Waals surface area contributed by atoms with Crippen molar-refractivity contribution in [2.75, 3.05) is 19.4 Å². The standard InChI is InChI=1S/C29H43NO4SSi/c1-21-22(2)27(32)28(35-19-13-18-26(31)30-6)34-25(21)20-33-36(29(3,4)5,23-14-9-7-10-15-23)24-16-11-8-12-17-24/h7-12,14-17,21-22,25,27-28,32H,13,18-20H2,1-6H3,(H,30,31)/t21-,22+,25?,27?,28+/m1/s1. The molecule has 0 radical (unpaired) electrons. The van der Waals surface area contributed by atoms with E-state index in [0.29, 0.717) is 13.0 Å². The highest BCUT2D eigenvalue weighted by Crippen LogP contribution is 2.39. The van der Waals surface area contributed by atoms with Crippen LogP contribution in [-0.2, 0) is 14.0 Å². The Kier molecular flexibility index (Phi) is 10.2. The number of hydrogen-bond donors (Lipinski definition) is 2. The molecule has 5 nitrogen and oxygen atoms in total. The third-order valence-electron chi connectivity index (χ3n) is 7.53. The number of carbonyl (C=O) groups excluding carboxylic acids is 1. The fourth-order valence-corrected chi connectivity index (χ4v) is 10.9. The maximum atomic E-state index is 11.6. The first-order chi connectivity index (χ1) is 17.1. The Balaban J connectivity index is 1.83. The van der Waals surface area contributed by atoms with Gasteiger partial charge < -0.3 is 19.6 Å². The average Bonchev–Trinajstić information content (AvgIpc) is 2.87. The largest absolute Gasteiger partial charge is 0.405 e. The first-order valence-corrected chi connectivity index (χ1v) is 16.0. The fraction of sp³-hybridized carbons (Fsp3) is 0.552. The van der Waals surface area contributed by atoms with Crippen molar-refractivity contribution in [2.24, 2.45) is 11.8 Å². The van der Waals surface area contributed by atoms with E-state index in [2.05, 4.69) is 101 Å². The van der Waals surface area contributed by atoms with E-state index in [1.807, 2.05) is 0 Å². The number of rotatable bonds is 10. The molecule has 1 heterocycles. The third-order valence-corrected chi connectivity index (χ3v) is 13.8. The summed E-state index contributed by atoms with van der Waals surface area (Å²) in [6.07, 6.45) is 0.568. The van der Waals surface area contributed by atoms with E-state index in [1.165, 1.54) is 10.4 Å². The van der Waals surface area contributed by atoms with Crippen LogP contribution in [0.3, 0.4) is 0 Å². The lowest BCUT2D eigenvalue weighted by molar-refractivity contribution is -0.143. The molecule has 2 aromatic carbocycles. The van der Waals surface area contributed by atoms with Crippen LogP contribution in [0.25, 0.3) is 0 Å². The minimum Gasteiger partial charge on any atom is -0.405 e. The number of nitrogens with one attached hydrogen (secondary N) is 1. The van der Waals surface area contributed by atoms with Crippen molar-refractivity contribution in [3.8, 4) is 0 Å². The second-order valence-corrected chi connectivity index (χ2v) is 16.4. The van der Waals surface area contributed by atoms with Gasteiger partial charge in [0.2, 0.25) is 5.91 Å². The molecule has 1 saturated heterocycles. The SMILES string of the molecule is CNC(=O)CCCS[C@@H]1OC(CO[Si](c2ccccc2)(c2ccccc2)C(C)(C)C)[C@H](C)[C@H](C)C1O. The smallest absolute Gasteiger partial charge is 0.261 e. The van der Waals surface area contributed by atoms with Crippen molar-refractivity contribution in [3.05, 3.63) is 60.7 Å². The van der Waals surface area contributed by atoms with Gasteiger partial charge in [-0.25, -0.2) is 0 Å². The molecule has 2 unspecified atom stereocenters. The van der Waals surface area contributed by atoms with Gasteiger partial charge in [-0.1, -0.05) is 95.3 Å². The van der Waals surface area contributed by atoms with Gasteiger partial charge in [0.1, 0.15) is 5.44 Å². The van der Waals surface area contributed by atoms with Crippen LogP contribution >= 0.6 is 11.8 Å². The molecule has 1 fully saturated rings. The first-order valence-electron chi connectivity index (χ1n) is 13.0. The molecule has 2 N–H and O–H groups in total.